The Morgan fingerprint density at radius 2 is 1.67 bits per heavy atom. The van der Waals surface area contributed by atoms with Crippen molar-refractivity contribution < 1.29 is 24.3 Å². The Kier molecular flexibility index (Phi) is 10.2. The number of hydrogen-bond donors (Lipinski definition) is 4. The quantitative estimate of drug-likeness (QED) is 0.397. The average Bonchev–Trinajstić information content (AvgIpc) is 2.63. The summed E-state index contributed by atoms with van der Waals surface area (Å²) in [6, 6.07) is 7.95. The van der Waals surface area contributed by atoms with Gasteiger partial charge in [0.15, 0.2) is 0 Å². The van der Waals surface area contributed by atoms with Gasteiger partial charge >= 0.3 is 5.97 Å². The maximum Gasteiger partial charge on any atom is 0.326 e. The molecule has 0 aliphatic carbocycles. The molecular weight excluding hydrogens is 350 g/mol. The van der Waals surface area contributed by atoms with E-state index < -0.39 is 17.9 Å². The van der Waals surface area contributed by atoms with Crippen molar-refractivity contribution in [1.29, 1.82) is 0 Å². The van der Waals surface area contributed by atoms with E-state index >= 15 is 0 Å². The van der Waals surface area contributed by atoms with Gasteiger partial charge in [0, 0.05) is 26.3 Å². The minimum atomic E-state index is -1.13. The van der Waals surface area contributed by atoms with Gasteiger partial charge in [0.1, 0.15) is 6.04 Å². The molecule has 1 aromatic rings. The van der Waals surface area contributed by atoms with Crippen LogP contribution in [0.25, 0.3) is 0 Å². The summed E-state index contributed by atoms with van der Waals surface area (Å²) in [5.41, 5.74) is 0.800. The Labute approximate surface area is 158 Å². The molecule has 1 atom stereocenters. The normalized spacial score (nSPS) is 11.3. The fourth-order valence-corrected chi connectivity index (χ4v) is 2.41. The SMILES string of the molecule is CC(=O)NCCCCCC(=O)NCC(=O)N[C@@H](Cc1ccccc1)C(=O)O. The number of hydrogen-bond acceptors (Lipinski definition) is 4. The number of carboxylic acids is 1. The van der Waals surface area contributed by atoms with Gasteiger partial charge in [-0.3, -0.25) is 14.4 Å². The maximum absolute atomic E-state index is 11.9. The zero-order chi connectivity index (χ0) is 20.1. The second-order valence-corrected chi connectivity index (χ2v) is 6.22. The summed E-state index contributed by atoms with van der Waals surface area (Å²) in [6.07, 6.45) is 2.67. The monoisotopic (exact) mass is 377 g/mol. The molecule has 0 heterocycles. The van der Waals surface area contributed by atoms with Crippen molar-refractivity contribution >= 4 is 23.7 Å². The van der Waals surface area contributed by atoms with E-state index in [2.05, 4.69) is 16.0 Å². The minimum absolute atomic E-state index is 0.0781. The number of rotatable bonds is 12. The van der Waals surface area contributed by atoms with Gasteiger partial charge < -0.3 is 21.1 Å². The highest BCUT2D eigenvalue weighted by atomic mass is 16.4. The zero-order valence-corrected chi connectivity index (χ0v) is 15.5. The number of amides is 3. The fourth-order valence-electron chi connectivity index (χ4n) is 2.41. The summed E-state index contributed by atoms with van der Waals surface area (Å²) in [7, 11) is 0. The van der Waals surface area contributed by atoms with E-state index in [0.717, 1.165) is 18.4 Å². The maximum atomic E-state index is 11.9. The van der Waals surface area contributed by atoms with Gasteiger partial charge in [-0.05, 0) is 18.4 Å². The van der Waals surface area contributed by atoms with Crippen LogP contribution in [0, 0.1) is 0 Å². The predicted octanol–water partition coefficient (Wildman–Crippen LogP) is 0.611. The van der Waals surface area contributed by atoms with E-state index in [1.807, 2.05) is 6.07 Å². The zero-order valence-electron chi connectivity index (χ0n) is 15.5. The molecule has 0 bridgehead atoms. The van der Waals surface area contributed by atoms with Crippen molar-refractivity contribution in [3.05, 3.63) is 35.9 Å². The summed E-state index contributed by atoms with van der Waals surface area (Å²) in [4.78, 5) is 45.6. The molecule has 0 saturated carbocycles. The van der Waals surface area contributed by atoms with E-state index in [1.54, 1.807) is 24.3 Å². The van der Waals surface area contributed by atoms with Crippen LogP contribution in [0.5, 0.6) is 0 Å². The molecule has 4 N–H and O–H groups in total. The van der Waals surface area contributed by atoms with E-state index in [4.69, 9.17) is 0 Å². The summed E-state index contributed by atoms with van der Waals surface area (Å²) in [5.74, 6) is -2.01. The number of carbonyl (C=O) groups is 4. The molecule has 1 aromatic carbocycles. The van der Waals surface area contributed by atoms with Gasteiger partial charge in [0.25, 0.3) is 0 Å². The van der Waals surface area contributed by atoms with Crippen molar-refractivity contribution in [3.63, 3.8) is 0 Å². The van der Waals surface area contributed by atoms with E-state index in [0.29, 0.717) is 13.0 Å². The van der Waals surface area contributed by atoms with E-state index in [9.17, 15) is 24.3 Å². The lowest BCUT2D eigenvalue weighted by Crippen LogP contribution is -2.46. The fraction of sp³-hybridized carbons (Fsp3) is 0.474. The molecule has 1 rings (SSSR count). The Bertz CT molecular complexity index is 633. The van der Waals surface area contributed by atoms with Crippen LogP contribution in [0.15, 0.2) is 30.3 Å². The molecule has 0 saturated heterocycles. The van der Waals surface area contributed by atoms with Crippen molar-refractivity contribution in [3.8, 4) is 0 Å². The Morgan fingerprint density at radius 1 is 0.963 bits per heavy atom. The molecule has 8 heteroatoms. The third-order valence-electron chi connectivity index (χ3n) is 3.82. The van der Waals surface area contributed by atoms with Crippen molar-refractivity contribution in [2.24, 2.45) is 0 Å². The van der Waals surface area contributed by atoms with Crippen LogP contribution in [0.4, 0.5) is 0 Å². The van der Waals surface area contributed by atoms with Gasteiger partial charge in [-0.15, -0.1) is 0 Å². The molecule has 8 nitrogen and oxygen atoms in total. The third-order valence-corrected chi connectivity index (χ3v) is 3.82. The highest BCUT2D eigenvalue weighted by Crippen LogP contribution is 2.03. The number of carboxylic acid groups (broad SMARTS) is 1. The second kappa shape index (κ2) is 12.5. The summed E-state index contributed by atoms with van der Waals surface area (Å²) >= 11 is 0. The van der Waals surface area contributed by atoms with Crippen LogP contribution in [-0.2, 0) is 25.6 Å². The molecule has 0 radical (unpaired) electrons. The standard InChI is InChI=1S/C19H27N3O5/c1-14(23)20-11-7-3-6-10-17(24)21-13-18(25)22-16(19(26)27)12-15-8-4-2-5-9-15/h2,4-5,8-9,16H,3,6-7,10-13H2,1H3,(H,20,23)(H,21,24)(H,22,25)(H,26,27)/t16-/m0/s1. The van der Waals surface area contributed by atoms with Crippen molar-refractivity contribution in [1.82, 2.24) is 16.0 Å². The van der Waals surface area contributed by atoms with Crippen LogP contribution in [0.1, 0.15) is 38.2 Å². The van der Waals surface area contributed by atoms with Crippen LogP contribution < -0.4 is 16.0 Å². The van der Waals surface area contributed by atoms with Gasteiger partial charge in [0.2, 0.25) is 17.7 Å². The summed E-state index contributed by atoms with van der Waals surface area (Å²) < 4.78 is 0. The lowest BCUT2D eigenvalue weighted by atomic mass is 10.1. The molecule has 0 aliphatic heterocycles. The van der Waals surface area contributed by atoms with Gasteiger partial charge in [-0.25, -0.2) is 4.79 Å². The van der Waals surface area contributed by atoms with Gasteiger partial charge in [-0.1, -0.05) is 36.8 Å². The summed E-state index contributed by atoms with van der Waals surface area (Å²) in [6.45, 7) is 1.77. The van der Waals surface area contributed by atoms with Gasteiger partial charge in [0.05, 0.1) is 6.54 Å². The first kappa shape index (κ1) is 22.1. The summed E-state index contributed by atoms with van der Waals surface area (Å²) in [5, 5.41) is 16.8. The number of carbonyl (C=O) groups excluding carboxylic acids is 3. The molecule has 0 fully saturated rings. The topological polar surface area (TPSA) is 125 Å². The third kappa shape index (κ3) is 10.6. The van der Waals surface area contributed by atoms with Crippen LogP contribution in [0.2, 0.25) is 0 Å². The molecular formula is C19H27N3O5. The highest BCUT2D eigenvalue weighted by molar-refractivity contribution is 5.88. The molecule has 148 valence electrons. The van der Waals surface area contributed by atoms with Gasteiger partial charge in [-0.2, -0.15) is 0 Å². The van der Waals surface area contributed by atoms with E-state index in [-0.39, 0.29) is 31.2 Å². The molecule has 0 unspecified atom stereocenters. The number of benzene rings is 1. The molecule has 0 spiro atoms. The van der Waals surface area contributed by atoms with Crippen molar-refractivity contribution in [2.75, 3.05) is 13.1 Å². The Balaban J connectivity index is 2.24. The molecule has 27 heavy (non-hydrogen) atoms. The lowest BCUT2D eigenvalue weighted by molar-refractivity contribution is -0.141. The largest absolute Gasteiger partial charge is 0.480 e. The van der Waals surface area contributed by atoms with Crippen LogP contribution in [0.3, 0.4) is 0 Å². The number of unbranched alkanes of at least 4 members (excludes halogenated alkanes) is 2. The van der Waals surface area contributed by atoms with Crippen molar-refractivity contribution in [2.45, 2.75) is 45.1 Å². The van der Waals surface area contributed by atoms with Crippen LogP contribution >= 0.6 is 0 Å². The first-order valence-corrected chi connectivity index (χ1v) is 8.95. The van der Waals surface area contributed by atoms with Crippen LogP contribution in [-0.4, -0.2) is 47.9 Å². The molecule has 0 aliphatic rings. The molecule has 0 aromatic heterocycles. The number of nitrogens with one attached hydrogen (secondary N) is 3. The average molecular weight is 377 g/mol. The predicted molar refractivity (Wildman–Crippen MR) is 99.9 cm³/mol. The first-order chi connectivity index (χ1) is 12.9. The lowest BCUT2D eigenvalue weighted by Gasteiger charge is -2.15. The number of aliphatic carboxylic acids is 1. The molecule has 3 amide bonds. The second-order valence-electron chi connectivity index (χ2n) is 6.22. The highest BCUT2D eigenvalue weighted by Gasteiger charge is 2.20. The minimum Gasteiger partial charge on any atom is -0.480 e. The Hall–Kier alpha value is -2.90. The van der Waals surface area contributed by atoms with E-state index in [1.165, 1.54) is 6.92 Å². The first-order valence-electron chi connectivity index (χ1n) is 8.95. The smallest absolute Gasteiger partial charge is 0.326 e. The Morgan fingerprint density at radius 3 is 2.30 bits per heavy atom.